The van der Waals surface area contributed by atoms with Crippen LogP contribution in [0.25, 0.3) is 16.8 Å². The smallest absolute Gasteiger partial charge is 0.163 e. The normalized spacial score (nSPS) is 15.1. The van der Waals surface area contributed by atoms with E-state index in [9.17, 15) is 0 Å². The topological polar surface area (TPSA) is 35.3 Å². The predicted molar refractivity (Wildman–Crippen MR) is 74.9 cm³/mol. The molecule has 1 aliphatic carbocycles. The Morgan fingerprint density at radius 2 is 2.00 bits per heavy atom. The summed E-state index contributed by atoms with van der Waals surface area (Å²) in [5.41, 5.74) is 3.22. The maximum atomic E-state index is 5.47. The van der Waals surface area contributed by atoms with Gasteiger partial charge < -0.3 is 9.26 Å². The van der Waals surface area contributed by atoms with Crippen LogP contribution in [-0.4, -0.2) is 12.3 Å². The Hall–Kier alpha value is -2.03. The molecule has 0 aliphatic heterocycles. The van der Waals surface area contributed by atoms with Crippen LogP contribution < -0.4 is 4.74 Å². The molecule has 0 saturated heterocycles. The van der Waals surface area contributed by atoms with Crippen molar-refractivity contribution in [2.24, 2.45) is 0 Å². The summed E-state index contributed by atoms with van der Waals surface area (Å²) in [6.45, 7) is 0. The number of hydrogen-bond acceptors (Lipinski definition) is 3. The van der Waals surface area contributed by atoms with Gasteiger partial charge >= 0.3 is 0 Å². The van der Waals surface area contributed by atoms with Crippen molar-refractivity contribution in [1.29, 1.82) is 0 Å². The lowest BCUT2D eigenvalue weighted by Crippen LogP contribution is -1.89. The Morgan fingerprint density at radius 3 is 2.68 bits per heavy atom. The first-order valence-electron chi connectivity index (χ1n) is 6.67. The van der Waals surface area contributed by atoms with Crippen molar-refractivity contribution in [2.45, 2.75) is 25.7 Å². The number of aromatic nitrogens is 1. The Kier molecular flexibility index (Phi) is 3.36. The van der Waals surface area contributed by atoms with Gasteiger partial charge in [0.25, 0.3) is 0 Å². The first-order valence-corrected chi connectivity index (χ1v) is 6.67. The van der Waals surface area contributed by atoms with E-state index >= 15 is 0 Å². The number of ether oxygens (including phenoxy) is 1. The molecule has 0 fully saturated rings. The molecule has 0 unspecified atom stereocenters. The minimum absolute atomic E-state index is 0.849. The second-order valence-electron chi connectivity index (χ2n) is 4.78. The molecule has 1 aromatic heterocycles. The molecule has 1 aliphatic rings. The van der Waals surface area contributed by atoms with Gasteiger partial charge in [0.05, 0.1) is 7.11 Å². The summed E-state index contributed by atoms with van der Waals surface area (Å²) in [7, 11) is 1.67. The Labute approximate surface area is 112 Å². The van der Waals surface area contributed by atoms with E-state index in [0.29, 0.717) is 0 Å². The molecule has 0 saturated carbocycles. The standard InChI is InChI=1S/C16H17NO2/c1-18-14-9-7-12(8-10-14)15-11-16(19-17-15)13-5-3-2-4-6-13/h5,7-11H,2-4,6H2,1H3. The fourth-order valence-electron chi connectivity index (χ4n) is 2.39. The lowest BCUT2D eigenvalue weighted by atomic mass is 9.97. The quantitative estimate of drug-likeness (QED) is 0.819. The SMILES string of the molecule is COc1ccc(-c2cc(C3=CCCCC3)on2)cc1. The zero-order chi connectivity index (χ0) is 13.1. The highest BCUT2D eigenvalue weighted by atomic mass is 16.5. The van der Waals surface area contributed by atoms with Crippen LogP contribution in [0.4, 0.5) is 0 Å². The lowest BCUT2D eigenvalue weighted by molar-refractivity contribution is 0.409. The number of hydrogen-bond donors (Lipinski definition) is 0. The predicted octanol–water partition coefficient (Wildman–Crippen LogP) is 4.31. The van der Waals surface area contributed by atoms with Crippen molar-refractivity contribution in [1.82, 2.24) is 5.16 Å². The first kappa shape index (κ1) is 12.0. The summed E-state index contributed by atoms with van der Waals surface area (Å²) in [5.74, 6) is 1.76. The average molecular weight is 255 g/mol. The molecule has 1 aromatic carbocycles. The summed E-state index contributed by atoms with van der Waals surface area (Å²) in [4.78, 5) is 0. The van der Waals surface area contributed by atoms with Crippen molar-refractivity contribution >= 4 is 5.57 Å². The van der Waals surface area contributed by atoms with Gasteiger partial charge in [-0.2, -0.15) is 0 Å². The van der Waals surface area contributed by atoms with Gasteiger partial charge in [0.15, 0.2) is 5.76 Å². The highest BCUT2D eigenvalue weighted by Gasteiger charge is 2.12. The number of benzene rings is 1. The monoisotopic (exact) mass is 255 g/mol. The molecule has 3 nitrogen and oxygen atoms in total. The van der Waals surface area contributed by atoms with Gasteiger partial charge in [0.2, 0.25) is 0 Å². The number of allylic oxidation sites excluding steroid dienone is 2. The minimum atomic E-state index is 0.849. The molecule has 3 rings (SSSR count). The van der Waals surface area contributed by atoms with Crippen LogP contribution in [0, 0.1) is 0 Å². The summed E-state index contributed by atoms with van der Waals surface area (Å²) >= 11 is 0. The molecular formula is C16H17NO2. The van der Waals surface area contributed by atoms with Gasteiger partial charge in [-0.25, -0.2) is 0 Å². The van der Waals surface area contributed by atoms with E-state index in [0.717, 1.165) is 35.6 Å². The van der Waals surface area contributed by atoms with E-state index in [2.05, 4.69) is 11.2 Å². The van der Waals surface area contributed by atoms with Crippen molar-refractivity contribution in [2.75, 3.05) is 7.11 Å². The molecule has 0 N–H and O–H groups in total. The van der Waals surface area contributed by atoms with Crippen LogP contribution in [0.15, 0.2) is 40.9 Å². The summed E-state index contributed by atoms with van der Waals surface area (Å²) in [6, 6.07) is 9.89. The molecule has 1 heterocycles. The van der Waals surface area contributed by atoms with E-state index in [4.69, 9.17) is 9.26 Å². The van der Waals surface area contributed by atoms with Crippen LogP contribution in [-0.2, 0) is 0 Å². The highest BCUT2D eigenvalue weighted by molar-refractivity contribution is 5.68. The molecule has 0 atom stereocenters. The summed E-state index contributed by atoms with van der Waals surface area (Å²) < 4.78 is 10.6. The fourth-order valence-corrected chi connectivity index (χ4v) is 2.39. The van der Waals surface area contributed by atoms with Gasteiger partial charge in [0, 0.05) is 11.6 Å². The highest BCUT2D eigenvalue weighted by Crippen LogP contribution is 2.30. The van der Waals surface area contributed by atoms with Crippen LogP contribution in [0.5, 0.6) is 5.75 Å². The van der Waals surface area contributed by atoms with Gasteiger partial charge in [-0.3, -0.25) is 0 Å². The maximum Gasteiger partial charge on any atom is 0.163 e. The lowest BCUT2D eigenvalue weighted by Gasteiger charge is -2.08. The van der Waals surface area contributed by atoms with Crippen LogP contribution in [0.3, 0.4) is 0 Å². The summed E-state index contributed by atoms with van der Waals surface area (Å²) in [6.07, 6.45) is 7.03. The Morgan fingerprint density at radius 1 is 1.16 bits per heavy atom. The third-order valence-electron chi connectivity index (χ3n) is 3.50. The average Bonchev–Trinajstić information content (AvgIpc) is 2.98. The molecular weight excluding hydrogens is 238 g/mol. The molecule has 3 heteroatoms. The van der Waals surface area contributed by atoms with Gasteiger partial charge in [-0.15, -0.1) is 0 Å². The molecule has 0 bridgehead atoms. The molecule has 0 amide bonds. The largest absolute Gasteiger partial charge is 0.497 e. The fraction of sp³-hybridized carbons (Fsp3) is 0.312. The van der Waals surface area contributed by atoms with E-state index in [1.54, 1.807) is 7.11 Å². The third-order valence-corrected chi connectivity index (χ3v) is 3.50. The van der Waals surface area contributed by atoms with Crippen molar-refractivity contribution in [3.8, 4) is 17.0 Å². The molecule has 2 aromatic rings. The van der Waals surface area contributed by atoms with E-state index in [-0.39, 0.29) is 0 Å². The van der Waals surface area contributed by atoms with Crippen LogP contribution in [0.2, 0.25) is 0 Å². The van der Waals surface area contributed by atoms with E-state index < -0.39 is 0 Å². The second-order valence-corrected chi connectivity index (χ2v) is 4.78. The molecule has 98 valence electrons. The van der Waals surface area contributed by atoms with Gasteiger partial charge in [-0.05, 0) is 55.5 Å². The van der Waals surface area contributed by atoms with E-state index in [1.807, 2.05) is 30.3 Å². The molecule has 19 heavy (non-hydrogen) atoms. The number of rotatable bonds is 3. The zero-order valence-corrected chi connectivity index (χ0v) is 11.1. The molecule has 0 spiro atoms. The Bertz CT molecular complexity index is 581. The van der Waals surface area contributed by atoms with E-state index in [1.165, 1.54) is 18.4 Å². The number of methoxy groups -OCH3 is 1. The van der Waals surface area contributed by atoms with Gasteiger partial charge in [0.1, 0.15) is 11.4 Å². The maximum absolute atomic E-state index is 5.47. The zero-order valence-electron chi connectivity index (χ0n) is 11.1. The van der Waals surface area contributed by atoms with Crippen LogP contribution >= 0.6 is 0 Å². The second kappa shape index (κ2) is 5.31. The van der Waals surface area contributed by atoms with Crippen molar-refractivity contribution < 1.29 is 9.26 Å². The van der Waals surface area contributed by atoms with Crippen molar-refractivity contribution in [3.05, 3.63) is 42.2 Å². The Balaban J connectivity index is 1.85. The molecule has 0 radical (unpaired) electrons. The van der Waals surface area contributed by atoms with Crippen LogP contribution in [0.1, 0.15) is 31.4 Å². The van der Waals surface area contributed by atoms with Gasteiger partial charge in [-0.1, -0.05) is 11.2 Å². The minimum Gasteiger partial charge on any atom is -0.497 e. The first-order chi connectivity index (χ1) is 9.36. The third kappa shape index (κ3) is 2.55. The van der Waals surface area contributed by atoms with Crippen molar-refractivity contribution in [3.63, 3.8) is 0 Å². The number of nitrogens with zero attached hydrogens (tertiary/aromatic N) is 1. The summed E-state index contributed by atoms with van der Waals surface area (Å²) in [5, 5.41) is 4.16.